The number of carbonyl (C=O) groups is 1. The Morgan fingerprint density at radius 2 is 2.07 bits per heavy atom. The highest BCUT2D eigenvalue weighted by Gasteiger charge is 2.50. The van der Waals surface area contributed by atoms with Gasteiger partial charge in [0.15, 0.2) is 6.10 Å². The van der Waals surface area contributed by atoms with Gasteiger partial charge in [-0.15, -0.1) is 0 Å². The highest BCUT2D eigenvalue weighted by Crippen LogP contribution is 2.42. The van der Waals surface area contributed by atoms with Crippen LogP contribution in [0.4, 0.5) is 0 Å². The lowest BCUT2D eigenvalue weighted by Crippen LogP contribution is -2.55. The molecule has 1 aromatic heterocycles. The molecule has 0 aromatic carbocycles. The second-order valence-electron chi connectivity index (χ2n) is 8.29. The summed E-state index contributed by atoms with van der Waals surface area (Å²) < 4.78 is 35.0. The molecule has 1 N–H and O–H groups in total. The van der Waals surface area contributed by atoms with Gasteiger partial charge < -0.3 is 14.6 Å². The van der Waals surface area contributed by atoms with Crippen molar-refractivity contribution in [3.8, 4) is 0 Å². The summed E-state index contributed by atoms with van der Waals surface area (Å²) in [6.07, 6.45) is 5.58. The van der Waals surface area contributed by atoms with E-state index >= 15 is 0 Å². The number of nitrogens with one attached hydrogen (secondary N) is 1. The fourth-order valence-electron chi connectivity index (χ4n) is 3.97. The van der Waals surface area contributed by atoms with Gasteiger partial charge in [-0.25, -0.2) is 17.7 Å². The molecule has 4 rings (SSSR count). The van der Waals surface area contributed by atoms with E-state index in [1.165, 1.54) is 0 Å². The molecular weight excluding hydrogens is 368 g/mol. The second-order valence-corrected chi connectivity index (χ2v) is 10.5. The Morgan fingerprint density at radius 3 is 2.70 bits per heavy atom. The lowest BCUT2D eigenvalue weighted by Gasteiger charge is -2.45. The molecule has 1 saturated heterocycles. The van der Waals surface area contributed by atoms with Gasteiger partial charge in [0.2, 0.25) is 10.0 Å². The standard InChI is InChI=1S/C18H28N4O4S/c1-13(2)11-20-16(23)15-12-21-10-7-19-17(21)18(26-15)5-8-22(9-6-18)27(24,25)14-3-4-14/h7,10,13-15H,3-6,8-9,11-12H2,1-2H3,(H,20,23)/t15-/m0/s1. The van der Waals surface area contributed by atoms with E-state index in [0.29, 0.717) is 44.9 Å². The van der Waals surface area contributed by atoms with Crippen molar-refractivity contribution >= 4 is 15.9 Å². The molecule has 1 aromatic rings. The van der Waals surface area contributed by atoms with Crippen molar-refractivity contribution < 1.29 is 17.9 Å². The third-order valence-electron chi connectivity index (χ3n) is 5.67. The summed E-state index contributed by atoms with van der Waals surface area (Å²) in [6, 6.07) is 0. The molecule has 0 radical (unpaired) electrons. The zero-order valence-corrected chi connectivity index (χ0v) is 16.7. The number of piperidine rings is 1. The van der Waals surface area contributed by atoms with Crippen LogP contribution < -0.4 is 5.32 Å². The number of hydrogen-bond donors (Lipinski definition) is 1. The number of imidazole rings is 1. The largest absolute Gasteiger partial charge is 0.354 e. The van der Waals surface area contributed by atoms with Gasteiger partial charge in [-0.2, -0.15) is 0 Å². The molecule has 1 amide bonds. The van der Waals surface area contributed by atoms with E-state index in [0.717, 1.165) is 18.7 Å². The molecule has 1 atom stereocenters. The van der Waals surface area contributed by atoms with Crippen LogP contribution in [0.25, 0.3) is 0 Å². The van der Waals surface area contributed by atoms with Crippen molar-refractivity contribution in [2.75, 3.05) is 19.6 Å². The number of aromatic nitrogens is 2. The van der Waals surface area contributed by atoms with Gasteiger partial charge in [-0.1, -0.05) is 13.8 Å². The quantitative estimate of drug-likeness (QED) is 0.796. The number of sulfonamides is 1. The molecule has 0 unspecified atom stereocenters. The number of fused-ring (bicyclic) bond motifs is 2. The molecule has 2 aliphatic heterocycles. The topological polar surface area (TPSA) is 93.5 Å². The Balaban J connectivity index is 1.51. The van der Waals surface area contributed by atoms with Gasteiger partial charge in [0.25, 0.3) is 5.91 Å². The maximum Gasteiger partial charge on any atom is 0.251 e. The SMILES string of the molecule is CC(C)CNC(=O)[C@@H]1Cn2ccnc2C2(CCN(S(=O)(=O)C3CC3)CC2)O1. The van der Waals surface area contributed by atoms with Crippen molar-refractivity contribution in [1.82, 2.24) is 19.2 Å². The van der Waals surface area contributed by atoms with E-state index in [1.807, 2.05) is 24.6 Å². The van der Waals surface area contributed by atoms with Crippen LogP contribution >= 0.6 is 0 Å². The maximum atomic E-state index is 12.6. The molecule has 1 saturated carbocycles. The van der Waals surface area contributed by atoms with Crippen LogP contribution in [0.3, 0.4) is 0 Å². The molecular formula is C18H28N4O4S. The third kappa shape index (κ3) is 3.52. The van der Waals surface area contributed by atoms with Crippen molar-refractivity contribution in [2.24, 2.45) is 5.92 Å². The van der Waals surface area contributed by atoms with Crippen LogP contribution in [0.2, 0.25) is 0 Å². The van der Waals surface area contributed by atoms with E-state index in [9.17, 15) is 13.2 Å². The van der Waals surface area contributed by atoms with Crippen LogP contribution in [-0.2, 0) is 31.7 Å². The smallest absolute Gasteiger partial charge is 0.251 e. The number of rotatable bonds is 5. The molecule has 150 valence electrons. The minimum atomic E-state index is -3.18. The maximum absolute atomic E-state index is 12.6. The summed E-state index contributed by atoms with van der Waals surface area (Å²) >= 11 is 0. The Bertz CT molecular complexity index is 807. The third-order valence-corrected chi connectivity index (χ3v) is 8.06. The predicted octanol–water partition coefficient (Wildman–Crippen LogP) is 0.837. The summed E-state index contributed by atoms with van der Waals surface area (Å²) in [4.78, 5) is 17.1. The lowest BCUT2D eigenvalue weighted by molar-refractivity contribution is -0.170. The van der Waals surface area contributed by atoms with Gasteiger partial charge in [0.1, 0.15) is 11.4 Å². The number of ether oxygens (including phenoxy) is 1. The number of amides is 1. The molecule has 1 spiro atoms. The summed E-state index contributed by atoms with van der Waals surface area (Å²) in [7, 11) is -3.18. The molecule has 1 aliphatic carbocycles. The first-order valence-electron chi connectivity index (χ1n) is 9.78. The predicted molar refractivity (Wildman–Crippen MR) is 99.4 cm³/mol. The Morgan fingerprint density at radius 1 is 1.37 bits per heavy atom. The van der Waals surface area contributed by atoms with Gasteiger partial charge >= 0.3 is 0 Å². The summed E-state index contributed by atoms with van der Waals surface area (Å²) in [5.74, 6) is 1.06. The van der Waals surface area contributed by atoms with Crippen LogP contribution in [0.5, 0.6) is 0 Å². The molecule has 27 heavy (non-hydrogen) atoms. The fourth-order valence-corrected chi connectivity index (χ4v) is 5.82. The minimum absolute atomic E-state index is 0.115. The van der Waals surface area contributed by atoms with Gasteiger partial charge in [0.05, 0.1) is 11.8 Å². The second kappa shape index (κ2) is 6.86. The minimum Gasteiger partial charge on any atom is -0.354 e. The zero-order valence-electron chi connectivity index (χ0n) is 15.9. The average Bonchev–Trinajstić information content (AvgIpc) is 3.39. The Labute approximate surface area is 160 Å². The lowest BCUT2D eigenvalue weighted by atomic mass is 9.89. The first-order valence-corrected chi connectivity index (χ1v) is 11.3. The van der Waals surface area contributed by atoms with Gasteiger partial charge in [-0.3, -0.25) is 4.79 Å². The van der Waals surface area contributed by atoms with Crippen molar-refractivity contribution in [1.29, 1.82) is 0 Å². The molecule has 0 bridgehead atoms. The van der Waals surface area contributed by atoms with Gasteiger partial charge in [-0.05, 0) is 31.6 Å². The van der Waals surface area contributed by atoms with E-state index in [1.54, 1.807) is 10.5 Å². The van der Waals surface area contributed by atoms with Crippen LogP contribution in [0, 0.1) is 5.92 Å². The normalized spacial score (nSPS) is 25.5. The summed E-state index contributed by atoms with van der Waals surface area (Å²) in [5.41, 5.74) is -0.697. The van der Waals surface area contributed by atoms with Crippen LogP contribution in [0.1, 0.15) is 45.4 Å². The molecule has 2 fully saturated rings. The zero-order chi connectivity index (χ0) is 19.2. The number of nitrogens with zero attached hydrogens (tertiary/aromatic N) is 3. The highest BCUT2D eigenvalue weighted by molar-refractivity contribution is 7.90. The molecule has 3 heterocycles. The number of hydrogen-bond acceptors (Lipinski definition) is 5. The molecule has 9 heteroatoms. The first kappa shape index (κ1) is 18.9. The van der Waals surface area contributed by atoms with E-state index in [2.05, 4.69) is 10.3 Å². The fraction of sp³-hybridized carbons (Fsp3) is 0.778. The monoisotopic (exact) mass is 396 g/mol. The molecule has 8 nitrogen and oxygen atoms in total. The summed E-state index contributed by atoms with van der Waals surface area (Å²) in [5, 5.41) is 2.75. The molecule has 3 aliphatic rings. The van der Waals surface area contributed by atoms with E-state index < -0.39 is 21.7 Å². The first-order chi connectivity index (χ1) is 12.8. The van der Waals surface area contributed by atoms with Crippen molar-refractivity contribution in [2.45, 2.75) is 63.0 Å². The van der Waals surface area contributed by atoms with Crippen molar-refractivity contribution in [3.05, 3.63) is 18.2 Å². The van der Waals surface area contributed by atoms with Crippen molar-refractivity contribution in [3.63, 3.8) is 0 Å². The van der Waals surface area contributed by atoms with E-state index in [4.69, 9.17) is 4.74 Å². The van der Waals surface area contributed by atoms with E-state index in [-0.39, 0.29) is 11.2 Å². The average molecular weight is 397 g/mol. The van der Waals surface area contributed by atoms with Crippen LogP contribution in [-0.4, -0.2) is 59.2 Å². The Hall–Kier alpha value is -1.45. The number of carbonyl (C=O) groups excluding carboxylic acids is 1. The summed E-state index contributed by atoms with van der Waals surface area (Å²) in [6.45, 7) is 5.96. The van der Waals surface area contributed by atoms with Crippen LogP contribution in [0.15, 0.2) is 12.4 Å². The van der Waals surface area contributed by atoms with Gasteiger partial charge in [0, 0.05) is 32.0 Å². The Kier molecular flexibility index (Phi) is 4.80. The highest BCUT2D eigenvalue weighted by atomic mass is 32.2.